The number of amides is 1. The van der Waals surface area contributed by atoms with Crippen molar-refractivity contribution in [3.05, 3.63) is 59.4 Å². The third-order valence-corrected chi connectivity index (χ3v) is 3.20. The van der Waals surface area contributed by atoms with Gasteiger partial charge in [-0.25, -0.2) is 13.5 Å². The Morgan fingerprint density at radius 3 is 2.75 bits per heavy atom. The molecule has 8 heteroatoms. The summed E-state index contributed by atoms with van der Waals surface area (Å²) in [5, 5.41) is 6.46. The third kappa shape index (κ3) is 3.43. The van der Waals surface area contributed by atoms with Crippen LogP contribution in [-0.2, 0) is 0 Å². The topological polar surface area (TPSA) is 82.2 Å². The van der Waals surface area contributed by atoms with Crippen LogP contribution in [0.25, 0.3) is 6.20 Å². The Bertz CT molecular complexity index is 828. The summed E-state index contributed by atoms with van der Waals surface area (Å²) in [4.78, 5) is 12.2. The van der Waals surface area contributed by atoms with Crippen LogP contribution in [0.1, 0.15) is 16.1 Å². The molecule has 0 aliphatic heterocycles. The zero-order valence-electron chi connectivity index (χ0n) is 13.1. The lowest BCUT2D eigenvalue weighted by molar-refractivity contribution is 0.0959. The van der Waals surface area contributed by atoms with Crippen LogP contribution in [-0.4, -0.2) is 22.8 Å². The Hall–Kier alpha value is -3.16. The van der Waals surface area contributed by atoms with Crippen molar-refractivity contribution in [3.63, 3.8) is 0 Å². The van der Waals surface area contributed by atoms with E-state index in [-0.39, 0.29) is 11.4 Å². The number of ether oxygens (including phenoxy) is 1. The van der Waals surface area contributed by atoms with E-state index in [1.165, 1.54) is 24.1 Å². The molecule has 0 saturated heterocycles. The highest BCUT2D eigenvalue weighted by molar-refractivity contribution is 5.97. The molecule has 1 aromatic heterocycles. The lowest BCUT2D eigenvalue weighted by Crippen LogP contribution is -2.25. The maximum absolute atomic E-state index is 13.9. The van der Waals surface area contributed by atoms with E-state index in [4.69, 9.17) is 10.5 Å². The number of nitrogen functional groups attached to an aromatic ring is 1. The number of carbonyl (C=O) groups is 1. The number of allylic oxidation sites excluding steroid dienone is 1. The van der Waals surface area contributed by atoms with Gasteiger partial charge in [0.05, 0.1) is 24.7 Å². The van der Waals surface area contributed by atoms with Crippen LogP contribution in [0.15, 0.2) is 36.6 Å². The average Bonchev–Trinajstić information content (AvgIpc) is 2.90. The average molecular weight is 334 g/mol. The Labute approximate surface area is 137 Å². The van der Waals surface area contributed by atoms with Crippen molar-refractivity contribution in [1.82, 2.24) is 15.1 Å². The quantitative estimate of drug-likeness (QED) is 0.650. The zero-order chi connectivity index (χ0) is 17.9. The van der Waals surface area contributed by atoms with Gasteiger partial charge in [-0.1, -0.05) is 6.58 Å². The first-order valence-corrected chi connectivity index (χ1v) is 6.86. The number of hydrogen-bond acceptors (Lipinski definition) is 4. The van der Waals surface area contributed by atoms with Crippen molar-refractivity contribution in [2.24, 2.45) is 0 Å². The molecule has 0 unspecified atom stereocenters. The van der Waals surface area contributed by atoms with E-state index in [0.29, 0.717) is 5.88 Å². The largest absolute Gasteiger partial charge is 0.480 e. The summed E-state index contributed by atoms with van der Waals surface area (Å²) >= 11 is 0. The van der Waals surface area contributed by atoms with Gasteiger partial charge in [0, 0.05) is 11.8 Å². The van der Waals surface area contributed by atoms with E-state index in [2.05, 4.69) is 17.0 Å². The highest BCUT2D eigenvalue weighted by Crippen LogP contribution is 2.19. The van der Waals surface area contributed by atoms with Crippen molar-refractivity contribution in [3.8, 4) is 5.88 Å². The molecule has 0 bridgehead atoms. The van der Waals surface area contributed by atoms with Gasteiger partial charge in [0.2, 0.25) is 5.88 Å². The van der Waals surface area contributed by atoms with Gasteiger partial charge in [-0.2, -0.15) is 0 Å². The highest BCUT2D eigenvalue weighted by Gasteiger charge is 2.20. The van der Waals surface area contributed by atoms with Crippen LogP contribution in [0.2, 0.25) is 0 Å². The Morgan fingerprint density at radius 1 is 1.46 bits per heavy atom. The minimum absolute atomic E-state index is 0.190. The van der Waals surface area contributed by atoms with E-state index in [0.717, 1.165) is 17.8 Å². The normalized spacial score (nSPS) is 11.2. The predicted molar refractivity (Wildman–Crippen MR) is 86.2 cm³/mol. The zero-order valence-corrected chi connectivity index (χ0v) is 13.1. The molecule has 24 heavy (non-hydrogen) atoms. The van der Waals surface area contributed by atoms with Crippen molar-refractivity contribution in [2.45, 2.75) is 6.92 Å². The molecule has 0 aliphatic rings. The number of nitrogens with one attached hydrogen (secondary N) is 1. The van der Waals surface area contributed by atoms with E-state index in [9.17, 15) is 13.6 Å². The van der Waals surface area contributed by atoms with Crippen LogP contribution in [0, 0.1) is 18.6 Å². The molecule has 6 nitrogen and oxygen atoms in total. The van der Waals surface area contributed by atoms with Crippen LogP contribution >= 0.6 is 0 Å². The number of halogens is 2. The van der Waals surface area contributed by atoms with Gasteiger partial charge in [0.1, 0.15) is 11.4 Å². The molecule has 0 saturated carbocycles. The molecule has 2 rings (SSSR count). The van der Waals surface area contributed by atoms with Crippen LogP contribution < -0.4 is 15.8 Å². The summed E-state index contributed by atoms with van der Waals surface area (Å²) in [6.07, 6.45) is 2.75. The first-order valence-electron chi connectivity index (χ1n) is 6.86. The molecule has 1 amide bonds. The lowest BCUT2D eigenvalue weighted by atomic mass is 10.1. The Balaban J connectivity index is 2.32. The van der Waals surface area contributed by atoms with Crippen molar-refractivity contribution in [1.29, 1.82) is 0 Å². The predicted octanol–water partition coefficient (Wildman–Crippen LogP) is 2.47. The molecule has 0 aliphatic carbocycles. The van der Waals surface area contributed by atoms with Crippen LogP contribution in [0.5, 0.6) is 5.88 Å². The maximum atomic E-state index is 13.9. The third-order valence-electron chi connectivity index (χ3n) is 3.20. The van der Waals surface area contributed by atoms with Gasteiger partial charge in [-0.15, -0.1) is 5.10 Å². The number of anilines is 1. The summed E-state index contributed by atoms with van der Waals surface area (Å²) in [6, 6.07) is 3.65. The maximum Gasteiger partial charge on any atom is 0.261 e. The lowest BCUT2D eigenvalue weighted by Gasteiger charge is -2.09. The molecular weight excluding hydrogens is 318 g/mol. The van der Waals surface area contributed by atoms with Gasteiger partial charge < -0.3 is 15.8 Å². The summed E-state index contributed by atoms with van der Waals surface area (Å²) in [5.74, 6) is -2.74. The number of aromatic nitrogens is 2. The number of aryl methyl sites for hydroxylation is 1. The summed E-state index contributed by atoms with van der Waals surface area (Å²) in [5.41, 5.74) is 5.19. The number of methoxy groups -OCH3 is 1. The number of benzene rings is 1. The number of nitrogens with zero attached hydrogens (tertiary/aromatic N) is 2. The first-order chi connectivity index (χ1) is 11.4. The monoisotopic (exact) mass is 334 g/mol. The molecule has 3 N–H and O–H groups in total. The van der Waals surface area contributed by atoms with Gasteiger partial charge in [-0.3, -0.25) is 4.79 Å². The van der Waals surface area contributed by atoms with Gasteiger partial charge in [0.25, 0.3) is 5.91 Å². The van der Waals surface area contributed by atoms with Crippen LogP contribution in [0.4, 0.5) is 14.5 Å². The number of rotatable bonds is 5. The van der Waals surface area contributed by atoms with Gasteiger partial charge in [0.15, 0.2) is 5.82 Å². The second-order valence-corrected chi connectivity index (χ2v) is 4.84. The fraction of sp³-hybridized carbons (Fsp3) is 0.125. The molecule has 2 aromatic rings. The Kier molecular flexibility index (Phi) is 4.98. The highest BCUT2D eigenvalue weighted by atomic mass is 19.1. The molecule has 0 radical (unpaired) electrons. The van der Waals surface area contributed by atoms with Gasteiger partial charge >= 0.3 is 0 Å². The smallest absolute Gasteiger partial charge is 0.261 e. The molecular formula is C16H16F2N4O2. The minimum Gasteiger partial charge on any atom is -0.480 e. The first kappa shape index (κ1) is 17.2. The summed E-state index contributed by atoms with van der Waals surface area (Å²) in [7, 11) is 1.47. The fourth-order valence-electron chi connectivity index (χ4n) is 1.93. The second-order valence-electron chi connectivity index (χ2n) is 4.84. The van der Waals surface area contributed by atoms with Gasteiger partial charge in [-0.05, 0) is 25.1 Å². The fourth-order valence-corrected chi connectivity index (χ4v) is 1.93. The molecule has 0 atom stereocenters. The van der Waals surface area contributed by atoms with E-state index < -0.39 is 23.1 Å². The van der Waals surface area contributed by atoms with Crippen LogP contribution in [0.3, 0.4) is 0 Å². The number of carbonyl (C=O) groups excluding carboxylic acids is 1. The van der Waals surface area contributed by atoms with E-state index in [1.54, 1.807) is 13.0 Å². The van der Waals surface area contributed by atoms with Crippen molar-refractivity contribution in [2.75, 3.05) is 12.8 Å². The van der Waals surface area contributed by atoms with E-state index >= 15 is 0 Å². The summed E-state index contributed by atoms with van der Waals surface area (Å²) < 4.78 is 34.1. The minimum atomic E-state index is -1.12. The molecule has 0 fully saturated rings. The number of hydrogen-bond donors (Lipinski definition) is 2. The Morgan fingerprint density at radius 2 is 2.17 bits per heavy atom. The second kappa shape index (κ2) is 6.95. The molecule has 1 heterocycles. The standard InChI is InChI=1S/C16H16F2N4O2/c1-4-10(8-22-9(2)7-13(21-22)24-3)20-16(23)14-11(17)5-6-12(19)15(14)18/h4-8H,1,19H2,2-3H3,(H,20,23). The number of nitrogens with two attached hydrogens (primary N) is 1. The van der Waals surface area contributed by atoms with Crippen molar-refractivity contribution >= 4 is 17.8 Å². The molecule has 126 valence electrons. The van der Waals surface area contributed by atoms with E-state index in [1.807, 2.05) is 0 Å². The molecule has 1 aromatic carbocycles. The SMILES string of the molecule is C=CC(=Cn1nc(OC)cc1C)NC(=O)c1c(F)ccc(N)c1F. The molecule has 0 spiro atoms. The summed E-state index contributed by atoms with van der Waals surface area (Å²) in [6.45, 7) is 5.33. The van der Waals surface area contributed by atoms with Crippen molar-refractivity contribution < 1.29 is 18.3 Å².